The maximum atomic E-state index is 11.5. The molecule has 0 fully saturated rings. The summed E-state index contributed by atoms with van der Waals surface area (Å²) in [5.41, 5.74) is -1.44. The zero-order valence-corrected chi connectivity index (χ0v) is 6.55. The second kappa shape index (κ2) is 1.93. The van der Waals surface area contributed by atoms with E-state index in [4.69, 9.17) is 5.11 Å². The molecule has 0 saturated heterocycles. The Morgan fingerprint density at radius 2 is 1.58 bits per heavy atom. The van der Waals surface area contributed by atoms with Crippen molar-refractivity contribution in [3.05, 3.63) is 11.0 Å². The number of carbonyl (C=O) groups is 1. The van der Waals surface area contributed by atoms with Gasteiger partial charge >= 0.3 is 16.2 Å². The van der Waals surface area contributed by atoms with Crippen LogP contribution in [0.1, 0.15) is 6.92 Å². The lowest BCUT2D eigenvalue weighted by molar-refractivity contribution is -0.132. The molecule has 12 heavy (non-hydrogen) atoms. The zero-order chi connectivity index (χ0) is 10.3. The van der Waals surface area contributed by atoms with E-state index < -0.39 is 27.2 Å². The van der Waals surface area contributed by atoms with E-state index in [2.05, 4.69) is 0 Å². The summed E-state index contributed by atoms with van der Waals surface area (Å²) < 4.78 is 57.4. The van der Waals surface area contributed by atoms with Crippen molar-refractivity contribution in [3.8, 4) is 0 Å². The van der Waals surface area contributed by atoms with Crippen molar-refractivity contribution >= 4 is 16.2 Å². The van der Waals surface area contributed by atoms with Gasteiger partial charge in [-0.3, -0.25) is 0 Å². The molecule has 2 nitrogen and oxygen atoms in total. The molecule has 0 heterocycles. The lowest BCUT2D eigenvalue weighted by atomic mass is 10.4. The molecule has 0 aliphatic heterocycles. The SMILES string of the molecule is C/C(=C\S(F)(F)(F)(F)F)C(=O)O. The molecule has 0 radical (unpaired) electrons. The molecule has 0 aliphatic carbocycles. The third-order valence-electron chi connectivity index (χ3n) is 0.737. The van der Waals surface area contributed by atoms with Crippen molar-refractivity contribution in [1.29, 1.82) is 0 Å². The number of rotatable bonds is 2. The number of aliphatic carboxylic acids is 1. The minimum atomic E-state index is -9.71. The number of halogens is 5. The fraction of sp³-hybridized carbons (Fsp3) is 0.250. The van der Waals surface area contributed by atoms with E-state index in [0.717, 1.165) is 0 Å². The van der Waals surface area contributed by atoms with Crippen molar-refractivity contribution in [2.75, 3.05) is 0 Å². The first kappa shape index (κ1) is 11.2. The monoisotopic (exact) mass is 212 g/mol. The Morgan fingerprint density at radius 1 is 1.25 bits per heavy atom. The van der Waals surface area contributed by atoms with Gasteiger partial charge in [0.1, 0.15) is 0 Å². The van der Waals surface area contributed by atoms with Gasteiger partial charge in [0.15, 0.2) is 0 Å². The van der Waals surface area contributed by atoms with Gasteiger partial charge in [-0.05, 0) is 6.92 Å². The molecule has 1 N–H and O–H groups in total. The molecule has 0 aliphatic rings. The number of carboxylic acid groups (broad SMARTS) is 1. The third kappa shape index (κ3) is 5.96. The van der Waals surface area contributed by atoms with Crippen molar-refractivity contribution in [2.45, 2.75) is 6.92 Å². The molecule has 0 saturated carbocycles. The first-order chi connectivity index (χ1) is 4.80. The molecule has 0 unspecified atom stereocenters. The number of hydrogen-bond acceptors (Lipinski definition) is 1. The second-order valence-corrected chi connectivity index (χ2v) is 4.43. The first-order valence-corrected chi connectivity index (χ1v) is 4.49. The fourth-order valence-corrected chi connectivity index (χ4v) is 1.15. The summed E-state index contributed by atoms with van der Waals surface area (Å²) in [5.74, 6) is -2.02. The van der Waals surface area contributed by atoms with Crippen LogP contribution in [0.25, 0.3) is 0 Å². The van der Waals surface area contributed by atoms with Crippen LogP contribution in [-0.4, -0.2) is 11.1 Å². The molecule has 0 aromatic carbocycles. The summed E-state index contributed by atoms with van der Waals surface area (Å²) in [6, 6.07) is 0. The van der Waals surface area contributed by atoms with Crippen molar-refractivity contribution in [2.24, 2.45) is 0 Å². The summed E-state index contributed by atoms with van der Waals surface area (Å²) in [7, 11) is -9.71. The van der Waals surface area contributed by atoms with Gasteiger partial charge in [0.05, 0.1) is 5.41 Å². The Kier molecular flexibility index (Phi) is 1.80. The quantitative estimate of drug-likeness (QED) is 0.563. The molecule has 74 valence electrons. The van der Waals surface area contributed by atoms with Crippen molar-refractivity contribution in [1.82, 2.24) is 0 Å². The minimum Gasteiger partial charge on any atom is -0.478 e. The Labute approximate surface area is 64.4 Å². The van der Waals surface area contributed by atoms with Gasteiger partial charge in [0.2, 0.25) is 0 Å². The van der Waals surface area contributed by atoms with E-state index in [-0.39, 0.29) is 0 Å². The summed E-state index contributed by atoms with van der Waals surface area (Å²) >= 11 is 0. The van der Waals surface area contributed by atoms with Gasteiger partial charge in [-0.25, -0.2) is 4.79 Å². The second-order valence-electron chi connectivity index (χ2n) is 2.13. The van der Waals surface area contributed by atoms with Gasteiger partial charge in [0, 0.05) is 5.57 Å². The van der Waals surface area contributed by atoms with Gasteiger partial charge in [-0.1, -0.05) is 19.4 Å². The van der Waals surface area contributed by atoms with Crippen LogP contribution in [0, 0.1) is 0 Å². The highest BCUT2D eigenvalue weighted by molar-refractivity contribution is 8.48. The Bertz CT molecular complexity index is 248. The molecule has 0 aromatic rings. The zero-order valence-electron chi connectivity index (χ0n) is 5.73. The molecule has 0 aromatic heterocycles. The predicted molar refractivity (Wildman–Crippen MR) is 34.5 cm³/mol. The highest BCUT2D eigenvalue weighted by Crippen LogP contribution is 2.99. The topological polar surface area (TPSA) is 37.3 Å². The van der Waals surface area contributed by atoms with Gasteiger partial charge in [-0.15, -0.1) is 0 Å². The lowest BCUT2D eigenvalue weighted by Gasteiger charge is -2.37. The average Bonchev–Trinajstić information content (AvgIpc) is 1.55. The first-order valence-electron chi connectivity index (χ1n) is 2.47. The van der Waals surface area contributed by atoms with Crippen LogP contribution in [0.3, 0.4) is 0 Å². The molecule has 0 bridgehead atoms. The van der Waals surface area contributed by atoms with E-state index in [1.54, 1.807) is 0 Å². The largest absolute Gasteiger partial charge is 0.478 e. The smallest absolute Gasteiger partial charge is 0.332 e. The van der Waals surface area contributed by atoms with E-state index in [9.17, 15) is 24.2 Å². The van der Waals surface area contributed by atoms with Crippen LogP contribution in [-0.2, 0) is 4.79 Å². The van der Waals surface area contributed by atoms with Crippen LogP contribution < -0.4 is 0 Å². The summed E-state index contributed by atoms with van der Waals surface area (Å²) in [4.78, 5) is 9.78. The van der Waals surface area contributed by atoms with Crippen LogP contribution in [0.5, 0.6) is 0 Å². The Hall–Kier alpha value is -0.790. The van der Waals surface area contributed by atoms with E-state index >= 15 is 0 Å². The van der Waals surface area contributed by atoms with Crippen LogP contribution in [0.2, 0.25) is 0 Å². The molecule has 0 atom stereocenters. The summed E-state index contributed by atoms with van der Waals surface area (Å²) in [5, 5.41) is 6.46. The normalized spacial score (nSPS) is 19.7. The van der Waals surface area contributed by atoms with Crippen molar-refractivity contribution < 1.29 is 29.3 Å². The van der Waals surface area contributed by atoms with Crippen molar-refractivity contribution in [3.63, 3.8) is 0 Å². The number of carboxylic acids is 1. The lowest BCUT2D eigenvalue weighted by Crippen LogP contribution is -2.05. The van der Waals surface area contributed by atoms with Crippen LogP contribution >= 0.6 is 10.2 Å². The highest BCUT2D eigenvalue weighted by atomic mass is 32.5. The molecular weight excluding hydrogens is 207 g/mol. The Morgan fingerprint density at radius 3 is 1.67 bits per heavy atom. The molecular formula is C4H5F5O2S. The predicted octanol–water partition coefficient (Wildman–Crippen LogP) is 3.27. The standard InChI is InChI=1S/C4H5F5O2S/c1-3(4(10)11)2-12(5,6,7,8)9/h2H,1H3,(H,10,11)/b3-2+. The third-order valence-corrected chi connectivity index (χ3v) is 1.54. The molecule has 0 amide bonds. The van der Waals surface area contributed by atoms with E-state index in [0.29, 0.717) is 6.92 Å². The van der Waals surface area contributed by atoms with Crippen LogP contribution in [0.15, 0.2) is 11.0 Å². The summed E-state index contributed by atoms with van der Waals surface area (Å²) in [6.07, 6.45) is 0. The highest BCUT2D eigenvalue weighted by Gasteiger charge is 2.61. The van der Waals surface area contributed by atoms with Gasteiger partial charge in [0.25, 0.3) is 0 Å². The Balaban J connectivity index is 5.16. The maximum Gasteiger partial charge on any atom is 0.332 e. The van der Waals surface area contributed by atoms with E-state index in [1.807, 2.05) is 0 Å². The van der Waals surface area contributed by atoms with Gasteiger partial charge in [-0.2, -0.15) is 0 Å². The van der Waals surface area contributed by atoms with Crippen LogP contribution in [0.4, 0.5) is 19.4 Å². The average molecular weight is 212 g/mol. The summed E-state index contributed by atoms with van der Waals surface area (Å²) in [6.45, 7) is 0.445. The maximum absolute atomic E-state index is 11.5. The molecule has 0 rings (SSSR count). The van der Waals surface area contributed by atoms with Gasteiger partial charge < -0.3 is 5.11 Å². The minimum absolute atomic E-state index is 0.445. The fourth-order valence-electron chi connectivity index (χ4n) is 0.384. The number of hydrogen-bond donors (Lipinski definition) is 1. The van der Waals surface area contributed by atoms with E-state index in [1.165, 1.54) is 0 Å². The molecule has 0 spiro atoms. The molecule has 8 heteroatoms.